The number of ketones is 1. The van der Waals surface area contributed by atoms with Gasteiger partial charge in [0, 0.05) is 10.6 Å². The summed E-state index contributed by atoms with van der Waals surface area (Å²) in [6.07, 6.45) is -8.10. The molecule has 0 N–H and O–H groups in total. The van der Waals surface area contributed by atoms with Gasteiger partial charge in [-0.05, 0) is 18.2 Å². The minimum atomic E-state index is -4.73. The Kier molecular flexibility index (Phi) is 3.52. The molecule has 0 saturated carbocycles. The Morgan fingerprint density at radius 3 is 2.19 bits per heavy atom. The van der Waals surface area contributed by atoms with Crippen LogP contribution in [0.2, 0.25) is 5.02 Å². The zero-order chi connectivity index (χ0) is 12.5. The standard InChI is InChI=1S/C9H4ClF5O/c10-6-2-4(7(16)8(11)12)1-5(3-6)9(13,14)15/h1-3,8H. The topological polar surface area (TPSA) is 17.1 Å². The lowest BCUT2D eigenvalue weighted by Crippen LogP contribution is -2.13. The van der Waals surface area contributed by atoms with Crippen molar-refractivity contribution in [2.75, 3.05) is 0 Å². The minimum Gasteiger partial charge on any atom is -0.288 e. The van der Waals surface area contributed by atoms with Gasteiger partial charge in [0.25, 0.3) is 0 Å². The Hall–Kier alpha value is -1.17. The first kappa shape index (κ1) is 12.9. The van der Waals surface area contributed by atoms with E-state index in [1.165, 1.54) is 0 Å². The number of carbonyl (C=O) groups excluding carboxylic acids is 1. The van der Waals surface area contributed by atoms with Crippen molar-refractivity contribution in [1.29, 1.82) is 0 Å². The average molecular weight is 259 g/mol. The third-order valence-corrected chi connectivity index (χ3v) is 1.93. The van der Waals surface area contributed by atoms with E-state index in [9.17, 15) is 26.7 Å². The molecular formula is C9H4ClF5O. The van der Waals surface area contributed by atoms with Crippen LogP contribution in [0.25, 0.3) is 0 Å². The van der Waals surface area contributed by atoms with Crippen LogP contribution in [0.15, 0.2) is 18.2 Å². The normalized spacial score (nSPS) is 11.9. The zero-order valence-corrected chi connectivity index (χ0v) is 8.24. The second-order valence-electron chi connectivity index (χ2n) is 2.89. The molecule has 0 aliphatic rings. The van der Waals surface area contributed by atoms with Crippen molar-refractivity contribution >= 4 is 17.4 Å². The van der Waals surface area contributed by atoms with E-state index < -0.39 is 34.5 Å². The van der Waals surface area contributed by atoms with Gasteiger partial charge in [-0.3, -0.25) is 4.79 Å². The number of hydrogen-bond acceptors (Lipinski definition) is 1. The second-order valence-corrected chi connectivity index (χ2v) is 3.33. The molecule has 0 aromatic heterocycles. The smallest absolute Gasteiger partial charge is 0.288 e. The highest BCUT2D eigenvalue weighted by atomic mass is 35.5. The van der Waals surface area contributed by atoms with Gasteiger partial charge in [-0.15, -0.1) is 0 Å². The second kappa shape index (κ2) is 4.37. The van der Waals surface area contributed by atoms with Crippen LogP contribution in [-0.2, 0) is 6.18 Å². The third-order valence-electron chi connectivity index (χ3n) is 1.71. The molecule has 1 nitrogen and oxygen atoms in total. The number of Topliss-reactive ketones (excluding diaryl/α,β-unsaturated/α-hetero) is 1. The van der Waals surface area contributed by atoms with Gasteiger partial charge in [0.15, 0.2) is 0 Å². The van der Waals surface area contributed by atoms with Crippen LogP contribution >= 0.6 is 11.6 Å². The summed E-state index contributed by atoms with van der Waals surface area (Å²) in [6, 6.07) is 1.68. The lowest BCUT2D eigenvalue weighted by atomic mass is 10.1. The highest BCUT2D eigenvalue weighted by Crippen LogP contribution is 2.32. The molecule has 1 rings (SSSR count). The van der Waals surface area contributed by atoms with Gasteiger partial charge in [0.1, 0.15) is 0 Å². The van der Waals surface area contributed by atoms with E-state index in [0.29, 0.717) is 12.1 Å². The van der Waals surface area contributed by atoms with E-state index >= 15 is 0 Å². The summed E-state index contributed by atoms with van der Waals surface area (Å²) in [7, 11) is 0. The fourth-order valence-electron chi connectivity index (χ4n) is 1.02. The molecule has 0 amide bonds. The van der Waals surface area contributed by atoms with E-state index in [1.807, 2.05) is 0 Å². The molecule has 1 aromatic carbocycles. The van der Waals surface area contributed by atoms with Crippen LogP contribution in [0.1, 0.15) is 15.9 Å². The van der Waals surface area contributed by atoms with Gasteiger partial charge in [-0.1, -0.05) is 11.6 Å². The van der Waals surface area contributed by atoms with Gasteiger partial charge in [-0.2, -0.15) is 13.2 Å². The predicted molar refractivity (Wildman–Crippen MR) is 46.8 cm³/mol. The van der Waals surface area contributed by atoms with Gasteiger partial charge in [-0.25, -0.2) is 8.78 Å². The van der Waals surface area contributed by atoms with E-state index in [0.717, 1.165) is 6.07 Å². The van der Waals surface area contributed by atoms with Gasteiger partial charge in [0.05, 0.1) is 5.56 Å². The first-order valence-corrected chi connectivity index (χ1v) is 4.30. The highest BCUT2D eigenvalue weighted by molar-refractivity contribution is 6.31. The lowest BCUT2D eigenvalue weighted by molar-refractivity contribution is -0.137. The van der Waals surface area contributed by atoms with Crippen LogP contribution < -0.4 is 0 Å². The van der Waals surface area contributed by atoms with Crippen molar-refractivity contribution in [2.45, 2.75) is 12.6 Å². The van der Waals surface area contributed by atoms with Crippen LogP contribution in [0, 0.1) is 0 Å². The highest BCUT2D eigenvalue weighted by Gasteiger charge is 2.32. The van der Waals surface area contributed by atoms with Crippen molar-refractivity contribution in [2.24, 2.45) is 0 Å². The summed E-state index contributed by atoms with van der Waals surface area (Å²) in [6.45, 7) is 0. The van der Waals surface area contributed by atoms with E-state index in [4.69, 9.17) is 11.6 Å². The molecule has 0 atom stereocenters. The fourth-order valence-corrected chi connectivity index (χ4v) is 1.26. The van der Waals surface area contributed by atoms with Gasteiger partial charge in [0.2, 0.25) is 5.78 Å². The Balaban J connectivity index is 3.24. The van der Waals surface area contributed by atoms with E-state index in [-0.39, 0.29) is 0 Å². The van der Waals surface area contributed by atoms with Crippen molar-refractivity contribution in [3.63, 3.8) is 0 Å². The summed E-state index contributed by atoms with van der Waals surface area (Å²) in [4.78, 5) is 10.8. The summed E-state index contributed by atoms with van der Waals surface area (Å²) >= 11 is 5.31. The first-order chi connectivity index (χ1) is 7.21. The number of benzene rings is 1. The molecule has 0 aliphatic carbocycles. The fraction of sp³-hybridized carbons (Fsp3) is 0.222. The number of alkyl halides is 5. The molecular weight excluding hydrogens is 255 g/mol. The third kappa shape index (κ3) is 2.91. The molecule has 0 bridgehead atoms. The Bertz CT molecular complexity index is 413. The maximum Gasteiger partial charge on any atom is 0.416 e. The first-order valence-electron chi connectivity index (χ1n) is 3.92. The molecule has 0 heterocycles. The summed E-state index contributed by atoms with van der Waals surface area (Å²) in [5.74, 6) is -1.69. The number of rotatable bonds is 2. The maximum absolute atomic E-state index is 12.3. The molecule has 0 unspecified atom stereocenters. The van der Waals surface area contributed by atoms with Crippen LogP contribution in [0.3, 0.4) is 0 Å². The van der Waals surface area contributed by atoms with Crippen LogP contribution in [0.4, 0.5) is 22.0 Å². The molecule has 0 saturated heterocycles. The largest absolute Gasteiger partial charge is 0.416 e. The summed E-state index contributed by atoms with van der Waals surface area (Å²) < 4.78 is 60.8. The molecule has 0 radical (unpaired) electrons. The van der Waals surface area contributed by atoms with Crippen LogP contribution in [-0.4, -0.2) is 12.2 Å². The van der Waals surface area contributed by atoms with Crippen molar-refractivity contribution < 1.29 is 26.7 Å². The molecule has 16 heavy (non-hydrogen) atoms. The molecule has 88 valence electrons. The van der Waals surface area contributed by atoms with Crippen LogP contribution in [0.5, 0.6) is 0 Å². The monoisotopic (exact) mass is 258 g/mol. The molecule has 0 aliphatic heterocycles. The number of carbonyl (C=O) groups is 1. The van der Waals surface area contributed by atoms with E-state index in [2.05, 4.69) is 0 Å². The Labute approximate surface area is 91.8 Å². The zero-order valence-electron chi connectivity index (χ0n) is 7.49. The van der Waals surface area contributed by atoms with E-state index in [1.54, 1.807) is 0 Å². The van der Waals surface area contributed by atoms with Crippen molar-refractivity contribution in [3.8, 4) is 0 Å². The Morgan fingerprint density at radius 1 is 1.19 bits per heavy atom. The molecule has 1 aromatic rings. The summed E-state index contributed by atoms with van der Waals surface area (Å²) in [5, 5.41) is -0.418. The number of hydrogen-bond donors (Lipinski definition) is 0. The molecule has 0 fully saturated rings. The van der Waals surface area contributed by atoms with Crippen molar-refractivity contribution in [1.82, 2.24) is 0 Å². The van der Waals surface area contributed by atoms with Gasteiger partial charge < -0.3 is 0 Å². The minimum absolute atomic E-state index is 0.348. The number of halogens is 6. The lowest BCUT2D eigenvalue weighted by Gasteiger charge is -2.09. The Morgan fingerprint density at radius 2 is 1.75 bits per heavy atom. The quantitative estimate of drug-likeness (QED) is 0.582. The predicted octanol–water partition coefficient (Wildman–Crippen LogP) is 3.81. The molecule has 7 heteroatoms. The SMILES string of the molecule is O=C(c1cc(Cl)cc(C(F)(F)F)c1)C(F)F. The van der Waals surface area contributed by atoms with Crippen molar-refractivity contribution in [3.05, 3.63) is 34.3 Å². The summed E-state index contributed by atoms with van der Waals surface area (Å²) in [5.41, 5.74) is -1.99. The average Bonchev–Trinajstić information content (AvgIpc) is 2.14. The maximum atomic E-state index is 12.3. The van der Waals surface area contributed by atoms with Gasteiger partial charge >= 0.3 is 12.6 Å². The molecule has 0 spiro atoms.